The Hall–Kier alpha value is -2.53. The van der Waals surface area contributed by atoms with Crippen molar-refractivity contribution in [2.24, 2.45) is 4.99 Å². The van der Waals surface area contributed by atoms with Crippen LogP contribution in [0.5, 0.6) is 11.5 Å². The van der Waals surface area contributed by atoms with Crippen molar-refractivity contribution in [2.75, 3.05) is 19.0 Å². The van der Waals surface area contributed by atoms with Crippen LogP contribution in [0.15, 0.2) is 41.4 Å². The van der Waals surface area contributed by atoms with Gasteiger partial charge in [0.1, 0.15) is 0 Å². The van der Waals surface area contributed by atoms with E-state index in [9.17, 15) is 4.79 Å². The Morgan fingerprint density at radius 1 is 1.29 bits per heavy atom. The number of benzene rings is 2. The van der Waals surface area contributed by atoms with Crippen LogP contribution in [0.2, 0.25) is 5.02 Å². The molecule has 0 aromatic heterocycles. The summed E-state index contributed by atoms with van der Waals surface area (Å²) in [5.74, 6) is 0.980. The van der Waals surface area contributed by atoms with Crippen LogP contribution in [-0.4, -0.2) is 25.8 Å². The maximum Gasteiger partial charge on any atom is 0.221 e. The van der Waals surface area contributed by atoms with Gasteiger partial charge in [-0.1, -0.05) is 11.6 Å². The summed E-state index contributed by atoms with van der Waals surface area (Å²) in [4.78, 5) is 15.4. The van der Waals surface area contributed by atoms with E-state index >= 15 is 0 Å². The average Bonchev–Trinajstić information content (AvgIpc) is 2.54. The second kappa shape index (κ2) is 8.36. The Labute approximate surface area is 146 Å². The van der Waals surface area contributed by atoms with E-state index in [0.717, 1.165) is 16.9 Å². The normalized spacial score (nSPS) is 10.7. The van der Waals surface area contributed by atoms with Gasteiger partial charge in [0.25, 0.3) is 0 Å². The minimum Gasteiger partial charge on any atom is -0.491 e. The lowest BCUT2D eigenvalue weighted by atomic mass is 10.2. The molecule has 0 unspecified atom stereocenters. The molecule has 2 aromatic rings. The smallest absolute Gasteiger partial charge is 0.221 e. The fraction of sp³-hybridized carbons (Fsp3) is 0.222. The van der Waals surface area contributed by atoms with Crippen LogP contribution in [0.1, 0.15) is 19.4 Å². The zero-order chi connectivity index (χ0) is 17.5. The highest BCUT2D eigenvalue weighted by atomic mass is 35.5. The van der Waals surface area contributed by atoms with Crippen LogP contribution in [-0.2, 0) is 4.79 Å². The molecule has 0 spiro atoms. The number of nitrogens with zero attached hydrogens (tertiary/aromatic N) is 1. The lowest BCUT2D eigenvalue weighted by molar-refractivity contribution is -0.114. The fourth-order valence-electron chi connectivity index (χ4n) is 2.11. The lowest BCUT2D eigenvalue weighted by Crippen LogP contribution is -2.04. The number of halogens is 1. The van der Waals surface area contributed by atoms with Gasteiger partial charge >= 0.3 is 0 Å². The first-order valence-electron chi connectivity index (χ1n) is 7.45. The monoisotopic (exact) mass is 346 g/mol. The van der Waals surface area contributed by atoms with Crippen LogP contribution >= 0.6 is 11.6 Å². The summed E-state index contributed by atoms with van der Waals surface area (Å²) < 4.78 is 10.8. The van der Waals surface area contributed by atoms with Gasteiger partial charge in [-0.05, 0) is 48.9 Å². The number of nitrogens with one attached hydrogen (secondary N) is 1. The standard InChI is InChI=1S/C18H19ClN2O3/c1-4-24-17-10-13(9-16(19)18(17)23-3)11-20-14-5-7-15(8-6-14)21-12(2)22/h5-11H,4H2,1-3H3,(H,21,22). The third-order valence-corrected chi connectivity index (χ3v) is 3.37. The summed E-state index contributed by atoms with van der Waals surface area (Å²) in [6.45, 7) is 3.87. The number of rotatable bonds is 6. The number of methoxy groups -OCH3 is 1. The molecule has 0 atom stereocenters. The topological polar surface area (TPSA) is 59.9 Å². The van der Waals surface area contributed by atoms with E-state index in [1.54, 1.807) is 31.5 Å². The van der Waals surface area contributed by atoms with Gasteiger partial charge in [0.2, 0.25) is 5.91 Å². The van der Waals surface area contributed by atoms with Gasteiger partial charge in [-0.15, -0.1) is 0 Å². The summed E-state index contributed by atoms with van der Waals surface area (Å²) in [5.41, 5.74) is 2.29. The molecule has 0 saturated carbocycles. The quantitative estimate of drug-likeness (QED) is 0.786. The molecule has 0 fully saturated rings. The molecule has 1 N–H and O–H groups in total. The van der Waals surface area contributed by atoms with Crippen LogP contribution in [0.3, 0.4) is 0 Å². The van der Waals surface area contributed by atoms with Crippen LogP contribution in [0.4, 0.5) is 11.4 Å². The molecule has 6 heteroatoms. The maximum absolute atomic E-state index is 11.0. The van der Waals surface area contributed by atoms with Crippen molar-refractivity contribution in [2.45, 2.75) is 13.8 Å². The van der Waals surface area contributed by atoms with Gasteiger partial charge in [-0.25, -0.2) is 0 Å². The highest BCUT2D eigenvalue weighted by Crippen LogP contribution is 2.36. The van der Waals surface area contributed by atoms with Gasteiger partial charge in [0.15, 0.2) is 11.5 Å². The fourth-order valence-corrected chi connectivity index (χ4v) is 2.40. The molecule has 1 amide bonds. The Bertz CT molecular complexity index is 743. The average molecular weight is 347 g/mol. The number of anilines is 1. The highest BCUT2D eigenvalue weighted by Gasteiger charge is 2.10. The molecule has 2 rings (SSSR count). The maximum atomic E-state index is 11.0. The first kappa shape index (κ1) is 17.8. The molecule has 0 radical (unpaired) electrons. The molecule has 0 aliphatic rings. The van der Waals surface area contributed by atoms with Crippen molar-refractivity contribution in [1.29, 1.82) is 0 Å². The molecular weight excluding hydrogens is 328 g/mol. The Morgan fingerprint density at radius 3 is 2.58 bits per heavy atom. The number of hydrogen-bond acceptors (Lipinski definition) is 4. The summed E-state index contributed by atoms with van der Waals surface area (Å²) in [5, 5.41) is 3.17. The van der Waals surface area contributed by atoms with Crippen LogP contribution < -0.4 is 14.8 Å². The molecule has 5 nitrogen and oxygen atoms in total. The van der Waals surface area contributed by atoms with Gasteiger partial charge in [-0.2, -0.15) is 0 Å². The molecule has 0 heterocycles. The largest absolute Gasteiger partial charge is 0.491 e. The van der Waals surface area contributed by atoms with Crippen molar-refractivity contribution in [3.8, 4) is 11.5 Å². The van der Waals surface area contributed by atoms with Gasteiger partial charge < -0.3 is 14.8 Å². The van der Waals surface area contributed by atoms with E-state index in [1.807, 2.05) is 25.1 Å². The van der Waals surface area contributed by atoms with Gasteiger partial charge in [0, 0.05) is 18.8 Å². The number of carbonyl (C=O) groups excluding carboxylic acids is 1. The summed E-state index contributed by atoms with van der Waals surface area (Å²) in [6, 6.07) is 10.8. The van der Waals surface area contributed by atoms with Gasteiger partial charge in [-0.3, -0.25) is 9.79 Å². The van der Waals surface area contributed by atoms with Crippen LogP contribution in [0.25, 0.3) is 0 Å². The van der Waals surface area contributed by atoms with E-state index in [4.69, 9.17) is 21.1 Å². The first-order chi connectivity index (χ1) is 11.5. The number of amides is 1. The van der Waals surface area contributed by atoms with Crippen molar-refractivity contribution in [3.63, 3.8) is 0 Å². The Kier molecular flexibility index (Phi) is 6.21. The zero-order valence-electron chi connectivity index (χ0n) is 13.8. The SMILES string of the molecule is CCOc1cc(C=Nc2ccc(NC(C)=O)cc2)cc(Cl)c1OC. The molecule has 126 valence electrons. The number of aliphatic imine (C=N–C) groups is 1. The van der Waals surface area contributed by atoms with E-state index in [1.165, 1.54) is 6.92 Å². The summed E-state index contributed by atoms with van der Waals surface area (Å²) in [7, 11) is 1.55. The molecule has 2 aromatic carbocycles. The van der Waals surface area contributed by atoms with Gasteiger partial charge in [0.05, 0.1) is 24.4 Å². The van der Waals surface area contributed by atoms with Crippen molar-refractivity contribution in [1.82, 2.24) is 0 Å². The first-order valence-corrected chi connectivity index (χ1v) is 7.83. The summed E-state index contributed by atoms with van der Waals surface area (Å²) in [6.07, 6.45) is 1.70. The second-order valence-electron chi connectivity index (χ2n) is 4.95. The van der Waals surface area contributed by atoms with Crippen LogP contribution in [0, 0.1) is 0 Å². The third kappa shape index (κ3) is 4.73. The van der Waals surface area contributed by atoms with Crippen molar-refractivity contribution >= 4 is 35.1 Å². The number of ether oxygens (including phenoxy) is 2. The van der Waals surface area contributed by atoms with E-state index < -0.39 is 0 Å². The molecule has 0 aliphatic heterocycles. The molecule has 0 aliphatic carbocycles. The second-order valence-corrected chi connectivity index (χ2v) is 5.36. The van der Waals surface area contributed by atoms with E-state index in [2.05, 4.69) is 10.3 Å². The van der Waals surface area contributed by atoms with E-state index in [0.29, 0.717) is 23.1 Å². The Morgan fingerprint density at radius 2 is 2.00 bits per heavy atom. The predicted molar refractivity (Wildman–Crippen MR) is 97.2 cm³/mol. The molecule has 0 saturated heterocycles. The predicted octanol–water partition coefficient (Wildman–Crippen LogP) is 4.46. The number of carbonyl (C=O) groups is 1. The minimum absolute atomic E-state index is 0.109. The molecule has 24 heavy (non-hydrogen) atoms. The zero-order valence-corrected chi connectivity index (χ0v) is 14.6. The van der Waals surface area contributed by atoms with Crippen molar-refractivity contribution < 1.29 is 14.3 Å². The highest BCUT2D eigenvalue weighted by molar-refractivity contribution is 6.32. The molecular formula is C18H19ClN2O3. The summed E-state index contributed by atoms with van der Waals surface area (Å²) >= 11 is 6.21. The lowest BCUT2D eigenvalue weighted by Gasteiger charge is -2.11. The third-order valence-electron chi connectivity index (χ3n) is 3.09. The van der Waals surface area contributed by atoms with Crippen molar-refractivity contribution in [3.05, 3.63) is 47.0 Å². The minimum atomic E-state index is -0.109. The number of hydrogen-bond donors (Lipinski definition) is 1. The molecule has 0 bridgehead atoms. The van der Waals surface area contributed by atoms with E-state index in [-0.39, 0.29) is 5.91 Å². The Balaban J connectivity index is 2.20.